The summed E-state index contributed by atoms with van der Waals surface area (Å²) < 4.78 is 13.2. The highest BCUT2D eigenvalue weighted by Crippen LogP contribution is 2.38. The normalized spacial score (nSPS) is 12.9. The van der Waals surface area contributed by atoms with Crippen LogP contribution in [0.25, 0.3) is 16.9 Å². The molecule has 0 atom stereocenters. The first kappa shape index (κ1) is 17.2. The number of aryl methyl sites for hydroxylation is 1. The molecule has 0 aliphatic carbocycles. The third kappa shape index (κ3) is 3.06. The summed E-state index contributed by atoms with van der Waals surface area (Å²) in [6.45, 7) is 3.07. The lowest BCUT2D eigenvalue weighted by Crippen LogP contribution is -2.15. The summed E-state index contributed by atoms with van der Waals surface area (Å²) in [6, 6.07) is 14.3. The first-order valence-electron chi connectivity index (χ1n) is 9.26. The second-order valence-electron chi connectivity index (χ2n) is 6.93. The van der Waals surface area contributed by atoms with Gasteiger partial charge in [0.2, 0.25) is 0 Å². The fourth-order valence-electron chi connectivity index (χ4n) is 3.40. The zero-order valence-corrected chi connectivity index (χ0v) is 15.7. The number of benzene rings is 2. The Bertz CT molecular complexity index is 1230. The van der Waals surface area contributed by atoms with Gasteiger partial charge in [-0.05, 0) is 48.9 Å². The van der Waals surface area contributed by atoms with Gasteiger partial charge in [0.15, 0.2) is 23.0 Å². The van der Waals surface area contributed by atoms with E-state index in [0.29, 0.717) is 30.2 Å². The van der Waals surface area contributed by atoms with Gasteiger partial charge in [-0.3, -0.25) is 4.40 Å². The van der Waals surface area contributed by atoms with Crippen LogP contribution in [0.15, 0.2) is 54.7 Å². The van der Waals surface area contributed by atoms with Crippen molar-refractivity contribution in [3.63, 3.8) is 0 Å². The SMILES string of the molecule is Cc1ccc2nc(-c3ccc(O)c(O)c3)c(Nc3ccc4c(c3)OCCO4)n2c1. The van der Waals surface area contributed by atoms with Crippen LogP contribution in [0.2, 0.25) is 0 Å². The van der Waals surface area contributed by atoms with Gasteiger partial charge in [0.05, 0.1) is 0 Å². The van der Waals surface area contributed by atoms with Crippen molar-refractivity contribution in [2.45, 2.75) is 6.92 Å². The Morgan fingerprint density at radius 2 is 1.76 bits per heavy atom. The Balaban J connectivity index is 1.65. The molecule has 0 unspecified atom stereocenters. The van der Waals surface area contributed by atoms with Gasteiger partial charge in [0.1, 0.15) is 30.4 Å². The van der Waals surface area contributed by atoms with E-state index in [4.69, 9.17) is 14.5 Å². The van der Waals surface area contributed by atoms with Gasteiger partial charge < -0.3 is 25.0 Å². The Morgan fingerprint density at radius 3 is 2.59 bits per heavy atom. The van der Waals surface area contributed by atoms with Crippen molar-refractivity contribution in [2.24, 2.45) is 0 Å². The minimum Gasteiger partial charge on any atom is -0.504 e. The average Bonchev–Trinajstić information content (AvgIpc) is 3.07. The highest BCUT2D eigenvalue weighted by atomic mass is 16.6. The number of phenols is 2. The molecule has 5 rings (SSSR count). The van der Waals surface area contributed by atoms with E-state index in [-0.39, 0.29) is 11.5 Å². The van der Waals surface area contributed by atoms with Crippen LogP contribution >= 0.6 is 0 Å². The second-order valence-corrected chi connectivity index (χ2v) is 6.93. The van der Waals surface area contributed by atoms with Crippen molar-refractivity contribution in [3.8, 4) is 34.3 Å². The van der Waals surface area contributed by atoms with Crippen LogP contribution in [0, 0.1) is 6.92 Å². The van der Waals surface area contributed by atoms with Gasteiger partial charge in [-0.2, -0.15) is 0 Å². The molecule has 146 valence electrons. The van der Waals surface area contributed by atoms with Gasteiger partial charge >= 0.3 is 0 Å². The summed E-state index contributed by atoms with van der Waals surface area (Å²) >= 11 is 0. The Labute approximate surface area is 166 Å². The maximum absolute atomic E-state index is 9.96. The summed E-state index contributed by atoms with van der Waals surface area (Å²) in [5.74, 6) is 1.79. The molecule has 29 heavy (non-hydrogen) atoms. The molecule has 4 aromatic rings. The van der Waals surface area contributed by atoms with E-state index in [0.717, 1.165) is 28.5 Å². The van der Waals surface area contributed by atoms with Crippen molar-refractivity contribution < 1.29 is 19.7 Å². The molecule has 0 saturated carbocycles. The van der Waals surface area contributed by atoms with Crippen LogP contribution in [0.4, 0.5) is 11.5 Å². The number of fused-ring (bicyclic) bond motifs is 2. The second kappa shape index (κ2) is 6.63. The number of phenolic OH excluding ortho intramolecular Hbond substituents is 2. The third-order valence-electron chi connectivity index (χ3n) is 4.82. The molecule has 0 amide bonds. The summed E-state index contributed by atoms with van der Waals surface area (Å²) in [4.78, 5) is 4.73. The number of hydrogen-bond acceptors (Lipinski definition) is 6. The molecule has 0 bridgehead atoms. The minimum absolute atomic E-state index is 0.172. The molecule has 3 N–H and O–H groups in total. The van der Waals surface area contributed by atoms with Gasteiger partial charge in [0, 0.05) is 23.5 Å². The van der Waals surface area contributed by atoms with Gasteiger partial charge in [-0.1, -0.05) is 6.07 Å². The van der Waals surface area contributed by atoms with Crippen LogP contribution in [-0.2, 0) is 0 Å². The van der Waals surface area contributed by atoms with Crippen molar-refractivity contribution in [3.05, 3.63) is 60.3 Å². The lowest BCUT2D eigenvalue weighted by molar-refractivity contribution is 0.171. The predicted octanol–water partition coefficient (Wildman–Crippen LogP) is 4.24. The number of anilines is 2. The van der Waals surface area contributed by atoms with E-state index in [2.05, 4.69) is 5.32 Å². The zero-order valence-electron chi connectivity index (χ0n) is 15.7. The smallest absolute Gasteiger partial charge is 0.163 e. The van der Waals surface area contributed by atoms with Crippen LogP contribution in [0.3, 0.4) is 0 Å². The van der Waals surface area contributed by atoms with E-state index in [1.165, 1.54) is 12.1 Å². The number of pyridine rings is 1. The third-order valence-corrected chi connectivity index (χ3v) is 4.82. The topological polar surface area (TPSA) is 88.3 Å². The van der Waals surface area contributed by atoms with E-state index < -0.39 is 0 Å². The first-order chi connectivity index (χ1) is 14.1. The van der Waals surface area contributed by atoms with Gasteiger partial charge in [0.25, 0.3) is 0 Å². The Hall–Kier alpha value is -3.87. The van der Waals surface area contributed by atoms with Gasteiger partial charge in [-0.25, -0.2) is 4.98 Å². The van der Waals surface area contributed by atoms with Crippen molar-refractivity contribution in [1.82, 2.24) is 9.38 Å². The standard InChI is InChI=1S/C22H19N3O4/c1-13-2-7-20-24-21(14-3-5-16(26)17(27)10-14)22(25(20)12-13)23-15-4-6-18-19(11-15)29-9-8-28-18/h2-7,10-12,23,26-27H,8-9H2,1H3. The number of aromatic nitrogens is 2. The number of nitrogens with one attached hydrogen (secondary N) is 1. The van der Waals surface area contributed by atoms with Crippen LogP contribution in [0.5, 0.6) is 23.0 Å². The number of nitrogens with zero attached hydrogens (tertiary/aromatic N) is 2. The minimum atomic E-state index is -0.194. The molecular formula is C22H19N3O4. The molecule has 2 aromatic carbocycles. The largest absolute Gasteiger partial charge is 0.504 e. The molecule has 0 radical (unpaired) electrons. The van der Waals surface area contributed by atoms with E-state index in [1.54, 1.807) is 6.07 Å². The first-order valence-corrected chi connectivity index (χ1v) is 9.26. The number of hydrogen-bond donors (Lipinski definition) is 3. The van der Waals surface area contributed by atoms with Crippen molar-refractivity contribution in [2.75, 3.05) is 18.5 Å². The summed E-state index contributed by atoms with van der Waals surface area (Å²) in [5.41, 5.74) is 4.00. The number of imidazole rings is 1. The highest BCUT2D eigenvalue weighted by molar-refractivity contribution is 5.81. The predicted molar refractivity (Wildman–Crippen MR) is 109 cm³/mol. The molecule has 1 aliphatic rings. The fraction of sp³-hybridized carbons (Fsp3) is 0.136. The molecule has 0 saturated heterocycles. The van der Waals surface area contributed by atoms with E-state index in [1.807, 2.05) is 47.9 Å². The molecule has 1 aliphatic heterocycles. The van der Waals surface area contributed by atoms with Gasteiger partial charge in [-0.15, -0.1) is 0 Å². The van der Waals surface area contributed by atoms with Crippen LogP contribution in [-0.4, -0.2) is 32.8 Å². The Kier molecular flexibility index (Phi) is 3.94. The molecule has 7 nitrogen and oxygen atoms in total. The number of aromatic hydroxyl groups is 2. The monoisotopic (exact) mass is 389 g/mol. The van der Waals surface area contributed by atoms with E-state index >= 15 is 0 Å². The maximum atomic E-state index is 9.96. The van der Waals surface area contributed by atoms with E-state index in [9.17, 15) is 10.2 Å². The average molecular weight is 389 g/mol. The number of rotatable bonds is 3. The maximum Gasteiger partial charge on any atom is 0.163 e. The molecule has 0 fully saturated rings. The fourth-order valence-corrected chi connectivity index (χ4v) is 3.40. The van der Waals surface area contributed by atoms with Crippen molar-refractivity contribution >= 4 is 17.2 Å². The lowest BCUT2D eigenvalue weighted by Gasteiger charge is -2.19. The zero-order chi connectivity index (χ0) is 20.0. The molecule has 7 heteroatoms. The quantitative estimate of drug-likeness (QED) is 0.454. The summed E-state index contributed by atoms with van der Waals surface area (Å²) in [6.07, 6.45) is 1.99. The lowest BCUT2D eigenvalue weighted by atomic mass is 10.1. The number of ether oxygens (including phenoxy) is 2. The van der Waals surface area contributed by atoms with Crippen LogP contribution in [0.1, 0.15) is 5.56 Å². The molecular weight excluding hydrogens is 370 g/mol. The molecule has 0 spiro atoms. The molecule has 3 heterocycles. The molecule has 2 aromatic heterocycles. The summed E-state index contributed by atoms with van der Waals surface area (Å²) in [7, 11) is 0. The van der Waals surface area contributed by atoms with Crippen molar-refractivity contribution in [1.29, 1.82) is 0 Å². The highest BCUT2D eigenvalue weighted by Gasteiger charge is 2.18. The summed E-state index contributed by atoms with van der Waals surface area (Å²) in [5, 5.41) is 23.1. The van der Waals surface area contributed by atoms with Crippen LogP contribution < -0.4 is 14.8 Å². The Morgan fingerprint density at radius 1 is 0.931 bits per heavy atom.